The van der Waals surface area contributed by atoms with E-state index in [4.69, 9.17) is 0 Å². The predicted molar refractivity (Wildman–Crippen MR) is 62.2 cm³/mol. The summed E-state index contributed by atoms with van der Waals surface area (Å²) in [5.74, 6) is 0. The molecule has 0 amide bonds. The Labute approximate surface area is 97.7 Å². The summed E-state index contributed by atoms with van der Waals surface area (Å²) in [5.41, 5.74) is 1.02. The molecule has 86 valence electrons. The van der Waals surface area contributed by atoms with Gasteiger partial charge in [-0.25, -0.2) is 0 Å². The highest BCUT2D eigenvalue weighted by Gasteiger charge is 2.04. The normalized spacial score (nSPS) is 10.6. The van der Waals surface area contributed by atoms with E-state index in [2.05, 4.69) is 32.7 Å². The fourth-order valence-corrected chi connectivity index (χ4v) is 2.11. The summed E-state index contributed by atoms with van der Waals surface area (Å²) < 4.78 is 1.74. The zero-order valence-corrected chi connectivity index (χ0v) is 10.2. The number of aryl methyl sites for hydroxylation is 2. The minimum absolute atomic E-state index is 0.671. The van der Waals surface area contributed by atoms with Crippen LogP contribution >= 0.6 is 11.3 Å². The molecule has 0 unspecified atom stereocenters. The molecule has 0 aromatic carbocycles. The molecule has 0 atom stereocenters. The molecule has 0 bridgehead atoms. The van der Waals surface area contributed by atoms with E-state index in [1.165, 1.54) is 0 Å². The summed E-state index contributed by atoms with van der Waals surface area (Å²) in [6.07, 6.45) is 3.83. The van der Waals surface area contributed by atoms with E-state index < -0.39 is 0 Å². The van der Waals surface area contributed by atoms with E-state index in [-0.39, 0.29) is 0 Å². The maximum absolute atomic E-state index is 4.10. The monoisotopic (exact) mass is 238 g/mol. The average Bonchev–Trinajstić information content (AvgIpc) is 2.86. The van der Waals surface area contributed by atoms with Crippen LogP contribution < -0.4 is 5.32 Å². The van der Waals surface area contributed by atoms with Crippen LogP contribution in [0.1, 0.15) is 24.0 Å². The SMILES string of the molecule is CCCc1nnc(NCc2cnnn2C)s1. The number of nitrogens with zero attached hydrogens (tertiary/aromatic N) is 5. The van der Waals surface area contributed by atoms with Crippen LogP contribution in [0.25, 0.3) is 0 Å². The van der Waals surface area contributed by atoms with Gasteiger partial charge in [0.1, 0.15) is 5.01 Å². The van der Waals surface area contributed by atoms with Crippen molar-refractivity contribution in [1.82, 2.24) is 25.2 Å². The van der Waals surface area contributed by atoms with E-state index in [1.54, 1.807) is 22.2 Å². The highest BCUT2D eigenvalue weighted by atomic mass is 32.1. The van der Waals surface area contributed by atoms with Crippen LogP contribution in [0, 0.1) is 0 Å². The van der Waals surface area contributed by atoms with Gasteiger partial charge in [0.2, 0.25) is 5.13 Å². The summed E-state index contributed by atoms with van der Waals surface area (Å²) >= 11 is 1.60. The van der Waals surface area contributed by atoms with Crippen molar-refractivity contribution < 1.29 is 0 Å². The van der Waals surface area contributed by atoms with Gasteiger partial charge in [0, 0.05) is 13.5 Å². The number of aromatic nitrogens is 5. The van der Waals surface area contributed by atoms with Gasteiger partial charge in [-0.1, -0.05) is 23.5 Å². The second-order valence-corrected chi connectivity index (χ2v) is 4.52. The van der Waals surface area contributed by atoms with Crippen molar-refractivity contribution >= 4 is 16.5 Å². The molecule has 0 aliphatic carbocycles. The van der Waals surface area contributed by atoms with Crippen molar-refractivity contribution in [2.45, 2.75) is 26.3 Å². The van der Waals surface area contributed by atoms with Gasteiger partial charge in [-0.3, -0.25) is 4.68 Å². The van der Waals surface area contributed by atoms with Crippen molar-refractivity contribution in [3.8, 4) is 0 Å². The first-order valence-electron chi connectivity index (χ1n) is 5.19. The van der Waals surface area contributed by atoms with Crippen LogP contribution in [-0.2, 0) is 20.0 Å². The lowest BCUT2D eigenvalue weighted by atomic mass is 10.4. The zero-order chi connectivity index (χ0) is 11.4. The molecule has 1 N–H and O–H groups in total. The summed E-state index contributed by atoms with van der Waals surface area (Å²) in [6, 6.07) is 0. The maximum atomic E-state index is 4.10. The largest absolute Gasteiger partial charge is 0.354 e. The number of rotatable bonds is 5. The van der Waals surface area contributed by atoms with Gasteiger partial charge in [0.05, 0.1) is 18.4 Å². The lowest BCUT2D eigenvalue weighted by molar-refractivity contribution is 0.683. The second kappa shape index (κ2) is 5.02. The van der Waals surface area contributed by atoms with E-state index in [9.17, 15) is 0 Å². The first-order chi connectivity index (χ1) is 7.79. The Kier molecular flexibility index (Phi) is 3.45. The van der Waals surface area contributed by atoms with Crippen LogP contribution in [-0.4, -0.2) is 25.2 Å². The van der Waals surface area contributed by atoms with E-state index in [0.29, 0.717) is 6.54 Å². The van der Waals surface area contributed by atoms with Crippen molar-refractivity contribution in [3.05, 3.63) is 16.9 Å². The van der Waals surface area contributed by atoms with Crippen LogP contribution in [0.3, 0.4) is 0 Å². The highest BCUT2D eigenvalue weighted by molar-refractivity contribution is 7.15. The fraction of sp³-hybridized carbons (Fsp3) is 0.556. The Morgan fingerprint density at radius 3 is 3.00 bits per heavy atom. The number of nitrogens with one attached hydrogen (secondary N) is 1. The van der Waals surface area contributed by atoms with E-state index in [1.807, 2.05) is 7.05 Å². The van der Waals surface area contributed by atoms with Crippen LogP contribution in [0.5, 0.6) is 0 Å². The molecule has 16 heavy (non-hydrogen) atoms. The van der Waals surface area contributed by atoms with E-state index in [0.717, 1.165) is 28.7 Å². The van der Waals surface area contributed by atoms with Crippen molar-refractivity contribution in [2.75, 3.05) is 5.32 Å². The Hall–Kier alpha value is -1.50. The van der Waals surface area contributed by atoms with Crippen LogP contribution in [0.4, 0.5) is 5.13 Å². The molecule has 0 fully saturated rings. The Morgan fingerprint density at radius 1 is 1.44 bits per heavy atom. The third-order valence-corrected chi connectivity index (χ3v) is 3.10. The van der Waals surface area contributed by atoms with Crippen LogP contribution in [0.2, 0.25) is 0 Å². The highest BCUT2D eigenvalue weighted by Crippen LogP contribution is 2.16. The molecule has 0 radical (unpaired) electrons. The number of hydrogen-bond acceptors (Lipinski definition) is 6. The molecule has 2 rings (SSSR count). The summed E-state index contributed by atoms with van der Waals surface area (Å²) in [7, 11) is 1.87. The third kappa shape index (κ3) is 2.54. The Morgan fingerprint density at radius 2 is 2.31 bits per heavy atom. The molecule has 0 aliphatic rings. The van der Waals surface area contributed by atoms with Crippen molar-refractivity contribution in [3.63, 3.8) is 0 Å². The number of hydrogen-bond donors (Lipinski definition) is 1. The smallest absolute Gasteiger partial charge is 0.205 e. The molecule has 0 saturated carbocycles. The van der Waals surface area contributed by atoms with Crippen LogP contribution in [0.15, 0.2) is 6.20 Å². The van der Waals surface area contributed by atoms with Crippen molar-refractivity contribution in [1.29, 1.82) is 0 Å². The fourth-order valence-electron chi connectivity index (χ4n) is 1.28. The predicted octanol–water partition coefficient (Wildman–Crippen LogP) is 1.23. The topological polar surface area (TPSA) is 68.5 Å². The van der Waals surface area contributed by atoms with Gasteiger partial charge in [-0.15, -0.1) is 15.3 Å². The quantitative estimate of drug-likeness (QED) is 0.848. The molecule has 0 aliphatic heterocycles. The summed E-state index contributed by atoms with van der Waals surface area (Å²) in [5, 5.41) is 21.0. The van der Waals surface area contributed by atoms with Gasteiger partial charge in [-0.2, -0.15) is 0 Å². The standard InChI is InChI=1S/C9H14N6S/c1-3-4-8-12-13-9(16-8)10-5-7-6-11-14-15(7)2/h6H,3-5H2,1-2H3,(H,10,13). The maximum Gasteiger partial charge on any atom is 0.205 e. The first kappa shape index (κ1) is 11.0. The zero-order valence-electron chi connectivity index (χ0n) is 9.34. The van der Waals surface area contributed by atoms with Gasteiger partial charge >= 0.3 is 0 Å². The molecule has 7 heteroatoms. The molecular weight excluding hydrogens is 224 g/mol. The Balaban J connectivity index is 1.92. The van der Waals surface area contributed by atoms with Gasteiger partial charge in [0.25, 0.3) is 0 Å². The second-order valence-electron chi connectivity index (χ2n) is 3.45. The lowest BCUT2D eigenvalue weighted by Gasteiger charge is -2.00. The molecular formula is C9H14N6S. The minimum atomic E-state index is 0.671. The number of anilines is 1. The molecule has 2 aromatic heterocycles. The summed E-state index contributed by atoms with van der Waals surface area (Å²) in [4.78, 5) is 0. The van der Waals surface area contributed by atoms with Gasteiger partial charge < -0.3 is 5.32 Å². The third-order valence-electron chi connectivity index (χ3n) is 2.16. The van der Waals surface area contributed by atoms with Gasteiger partial charge in [-0.05, 0) is 6.42 Å². The van der Waals surface area contributed by atoms with Gasteiger partial charge in [0.15, 0.2) is 0 Å². The first-order valence-corrected chi connectivity index (χ1v) is 6.01. The molecule has 2 aromatic rings. The van der Waals surface area contributed by atoms with E-state index >= 15 is 0 Å². The summed E-state index contributed by atoms with van der Waals surface area (Å²) in [6.45, 7) is 2.81. The average molecular weight is 238 g/mol. The van der Waals surface area contributed by atoms with Crippen molar-refractivity contribution in [2.24, 2.45) is 7.05 Å². The molecule has 0 saturated heterocycles. The molecule has 0 spiro atoms. The Bertz CT molecular complexity index is 448. The molecule has 6 nitrogen and oxygen atoms in total. The lowest BCUT2D eigenvalue weighted by Crippen LogP contribution is -2.05. The minimum Gasteiger partial charge on any atom is -0.354 e. The molecule has 2 heterocycles.